The molecule has 2 heterocycles. The summed E-state index contributed by atoms with van der Waals surface area (Å²) in [6, 6.07) is 3.79. The third-order valence-corrected chi connectivity index (χ3v) is 3.48. The number of nitrogen functional groups attached to an aromatic ring is 1. The summed E-state index contributed by atoms with van der Waals surface area (Å²) < 4.78 is 5.45. The van der Waals surface area contributed by atoms with E-state index in [4.69, 9.17) is 15.6 Å². The van der Waals surface area contributed by atoms with Gasteiger partial charge >= 0.3 is 0 Å². The number of hydrogen-bond acceptors (Lipinski definition) is 6. The number of aromatic nitrogens is 1. The lowest BCUT2D eigenvalue weighted by Crippen LogP contribution is -2.32. The first kappa shape index (κ1) is 14.9. The van der Waals surface area contributed by atoms with E-state index in [0.717, 1.165) is 45.0 Å². The highest BCUT2D eigenvalue weighted by Gasteiger charge is 2.16. The number of nitrogens with zero attached hydrogens (tertiary/aromatic N) is 3. The van der Waals surface area contributed by atoms with Gasteiger partial charge in [-0.25, -0.2) is 0 Å². The van der Waals surface area contributed by atoms with E-state index in [0.29, 0.717) is 18.2 Å². The molecule has 0 unspecified atom stereocenters. The number of anilines is 2. The first-order valence-corrected chi connectivity index (χ1v) is 7.22. The Morgan fingerprint density at radius 2 is 2.15 bits per heavy atom. The molecule has 1 aliphatic rings. The first-order valence-electron chi connectivity index (χ1n) is 7.22. The fourth-order valence-corrected chi connectivity index (χ4v) is 2.43. The number of rotatable bonds is 5. The van der Waals surface area contributed by atoms with E-state index in [1.807, 2.05) is 19.1 Å². The van der Waals surface area contributed by atoms with Gasteiger partial charge in [-0.05, 0) is 32.0 Å². The van der Waals surface area contributed by atoms with Crippen molar-refractivity contribution in [2.24, 2.45) is 0 Å². The Balaban J connectivity index is 2.05. The molecule has 20 heavy (non-hydrogen) atoms. The Kier molecular flexibility index (Phi) is 5.43. The molecule has 6 nitrogen and oxygen atoms in total. The Hall–Kier alpha value is -1.53. The lowest BCUT2D eigenvalue weighted by molar-refractivity contribution is 0.204. The van der Waals surface area contributed by atoms with Gasteiger partial charge in [-0.15, -0.1) is 0 Å². The van der Waals surface area contributed by atoms with E-state index in [1.54, 1.807) is 0 Å². The third-order valence-electron chi connectivity index (χ3n) is 3.48. The van der Waals surface area contributed by atoms with Crippen LogP contribution in [0.15, 0.2) is 12.1 Å². The standard InChI is InChI=1S/C14H24N4O2/c1-2-20-14-12(15)4-5-13(16-14)18-7-3-6-17(8-9-18)10-11-19/h4-5,19H,2-3,6-11,15H2,1H3. The van der Waals surface area contributed by atoms with Crippen molar-refractivity contribution < 1.29 is 9.84 Å². The minimum atomic E-state index is 0.217. The molecule has 3 N–H and O–H groups in total. The summed E-state index contributed by atoms with van der Waals surface area (Å²) in [6.45, 7) is 7.27. The number of ether oxygens (including phenoxy) is 1. The molecule has 2 rings (SSSR count). The molecular formula is C14H24N4O2. The third kappa shape index (κ3) is 3.74. The first-order chi connectivity index (χ1) is 9.74. The summed E-state index contributed by atoms with van der Waals surface area (Å²) in [5, 5.41) is 9.02. The molecular weight excluding hydrogens is 256 g/mol. The molecule has 1 aromatic heterocycles. The number of pyridine rings is 1. The lowest BCUT2D eigenvalue weighted by atomic mass is 10.3. The van der Waals surface area contributed by atoms with Crippen molar-refractivity contribution in [3.8, 4) is 5.88 Å². The van der Waals surface area contributed by atoms with Gasteiger partial charge in [0, 0.05) is 26.2 Å². The van der Waals surface area contributed by atoms with Gasteiger partial charge in [-0.1, -0.05) is 0 Å². The van der Waals surface area contributed by atoms with Crippen molar-refractivity contribution in [1.82, 2.24) is 9.88 Å². The molecule has 0 atom stereocenters. The SMILES string of the molecule is CCOc1nc(N2CCCN(CCO)CC2)ccc1N. The van der Waals surface area contributed by atoms with Crippen LogP contribution >= 0.6 is 0 Å². The topological polar surface area (TPSA) is 74.8 Å². The molecule has 0 radical (unpaired) electrons. The minimum absolute atomic E-state index is 0.217. The van der Waals surface area contributed by atoms with Crippen LogP contribution < -0.4 is 15.4 Å². The number of β-amino-alcohol motifs (C(OH)–C–C–N with tert-alkyl or cyclic N) is 1. The maximum Gasteiger partial charge on any atom is 0.239 e. The van der Waals surface area contributed by atoms with Gasteiger partial charge < -0.3 is 20.5 Å². The van der Waals surface area contributed by atoms with E-state index < -0.39 is 0 Å². The largest absolute Gasteiger partial charge is 0.476 e. The van der Waals surface area contributed by atoms with Gasteiger partial charge in [-0.3, -0.25) is 4.90 Å². The molecule has 1 aliphatic heterocycles. The average Bonchev–Trinajstić information content (AvgIpc) is 2.68. The molecule has 112 valence electrons. The van der Waals surface area contributed by atoms with Gasteiger partial charge in [0.1, 0.15) is 5.82 Å². The lowest BCUT2D eigenvalue weighted by Gasteiger charge is -2.23. The van der Waals surface area contributed by atoms with Crippen molar-refractivity contribution >= 4 is 11.5 Å². The highest BCUT2D eigenvalue weighted by Crippen LogP contribution is 2.23. The van der Waals surface area contributed by atoms with Gasteiger partial charge in [0.2, 0.25) is 5.88 Å². The van der Waals surface area contributed by atoms with Gasteiger partial charge in [0.15, 0.2) is 0 Å². The Morgan fingerprint density at radius 3 is 2.90 bits per heavy atom. The van der Waals surface area contributed by atoms with Gasteiger partial charge in [0.25, 0.3) is 0 Å². The van der Waals surface area contributed by atoms with Crippen molar-refractivity contribution in [2.75, 3.05) is 56.6 Å². The smallest absolute Gasteiger partial charge is 0.239 e. The second-order valence-electron chi connectivity index (χ2n) is 4.90. The van der Waals surface area contributed by atoms with E-state index in [9.17, 15) is 0 Å². The quantitative estimate of drug-likeness (QED) is 0.821. The Bertz CT molecular complexity index is 428. The van der Waals surface area contributed by atoms with Crippen molar-refractivity contribution in [3.63, 3.8) is 0 Å². The molecule has 1 fully saturated rings. The summed E-state index contributed by atoms with van der Waals surface area (Å²) >= 11 is 0. The fraction of sp³-hybridized carbons (Fsp3) is 0.643. The monoisotopic (exact) mass is 280 g/mol. The molecule has 0 amide bonds. The molecule has 1 saturated heterocycles. The number of nitrogens with two attached hydrogens (primary N) is 1. The van der Waals surface area contributed by atoms with E-state index >= 15 is 0 Å². The van der Waals surface area contributed by atoms with Crippen molar-refractivity contribution in [3.05, 3.63) is 12.1 Å². The molecule has 0 aromatic carbocycles. The van der Waals surface area contributed by atoms with Gasteiger partial charge in [-0.2, -0.15) is 4.98 Å². The van der Waals surface area contributed by atoms with Crippen LogP contribution in [0.1, 0.15) is 13.3 Å². The molecule has 1 aromatic rings. The van der Waals surface area contributed by atoms with E-state index in [-0.39, 0.29) is 6.61 Å². The molecule has 6 heteroatoms. The van der Waals surface area contributed by atoms with Crippen molar-refractivity contribution in [2.45, 2.75) is 13.3 Å². The zero-order valence-electron chi connectivity index (χ0n) is 12.1. The Morgan fingerprint density at radius 1 is 1.30 bits per heavy atom. The van der Waals surface area contributed by atoms with Crippen LogP contribution in [0.3, 0.4) is 0 Å². The summed E-state index contributed by atoms with van der Waals surface area (Å²) in [5.74, 6) is 1.43. The van der Waals surface area contributed by atoms with Gasteiger partial charge in [0.05, 0.1) is 18.9 Å². The van der Waals surface area contributed by atoms with Crippen LogP contribution in [0.5, 0.6) is 5.88 Å². The van der Waals surface area contributed by atoms with Crippen LogP contribution in [0.4, 0.5) is 11.5 Å². The predicted octanol–water partition coefficient (Wildman–Crippen LogP) is 0.567. The maximum atomic E-state index is 9.02. The predicted molar refractivity (Wildman–Crippen MR) is 80.2 cm³/mol. The van der Waals surface area contributed by atoms with Crippen molar-refractivity contribution in [1.29, 1.82) is 0 Å². The van der Waals surface area contributed by atoms with Crippen LogP contribution in [-0.4, -0.2) is 60.9 Å². The zero-order chi connectivity index (χ0) is 14.4. The number of aliphatic hydroxyl groups excluding tert-OH is 1. The average molecular weight is 280 g/mol. The zero-order valence-corrected chi connectivity index (χ0v) is 12.1. The van der Waals surface area contributed by atoms with E-state index in [1.165, 1.54) is 0 Å². The second-order valence-corrected chi connectivity index (χ2v) is 4.90. The normalized spacial score (nSPS) is 17.0. The fourth-order valence-electron chi connectivity index (χ4n) is 2.43. The summed E-state index contributed by atoms with van der Waals surface area (Å²) in [6.07, 6.45) is 1.07. The molecule has 0 spiro atoms. The number of aliphatic hydroxyl groups is 1. The summed E-state index contributed by atoms with van der Waals surface area (Å²) in [5.41, 5.74) is 6.43. The highest BCUT2D eigenvalue weighted by molar-refractivity contribution is 5.54. The number of hydrogen-bond donors (Lipinski definition) is 2. The maximum absolute atomic E-state index is 9.02. The Labute approximate surface area is 120 Å². The van der Waals surface area contributed by atoms with Crippen LogP contribution in [0, 0.1) is 0 Å². The second kappa shape index (κ2) is 7.31. The van der Waals surface area contributed by atoms with Crippen LogP contribution in [0.2, 0.25) is 0 Å². The summed E-state index contributed by atoms with van der Waals surface area (Å²) in [4.78, 5) is 9.04. The van der Waals surface area contributed by atoms with E-state index in [2.05, 4.69) is 14.8 Å². The molecule has 0 bridgehead atoms. The molecule has 0 aliphatic carbocycles. The summed E-state index contributed by atoms with van der Waals surface area (Å²) in [7, 11) is 0. The van der Waals surface area contributed by atoms with Crippen LogP contribution in [0.25, 0.3) is 0 Å². The minimum Gasteiger partial charge on any atom is -0.476 e. The highest BCUT2D eigenvalue weighted by atomic mass is 16.5. The van der Waals surface area contributed by atoms with Crippen LogP contribution in [-0.2, 0) is 0 Å². The molecule has 0 saturated carbocycles.